The van der Waals surface area contributed by atoms with Crippen molar-refractivity contribution in [3.63, 3.8) is 0 Å². The van der Waals surface area contributed by atoms with Crippen molar-refractivity contribution in [3.8, 4) is 0 Å². The predicted octanol–water partition coefficient (Wildman–Crippen LogP) is 3.47. The van der Waals surface area contributed by atoms with Crippen LogP contribution in [0, 0.1) is 5.92 Å². The van der Waals surface area contributed by atoms with Gasteiger partial charge in [-0.3, -0.25) is 4.79 Å². The maximum atomic E-state index is 12.5. The minimum absolute atomic E-state index is 0.340. The van der Waals surface area contributed by atoms with Gasteiger partial charge in [-0.05, 0) is 50.7 Å². The van der Waals surface area contributed by atoms with Gasteiger partial charge in [0.1, 0.15) is 0 Å². The van der Waals surface area contributed by atoms with Crippen LogP contribution >= 0.6 is 0 Å². The normalized spacial score (nSPS) is 24.0. The molecule has 3 fully saturated rings. The second-order valence-corrected chi connectivity index (χ2v) is 8.84. The molecule has 0 bridgehead atoms. The molecule has 1 amide bonds. The number of anilines is 2. The van der Waals surface area contributed by atoms with Crippen LogP contribution in [-0.2, 0) is 4.79 Å². The molecule has 4 rings (SSSR count). The number of carbonyl (C=O) groups excluding carboxylic acids is 1. The SMILES string of the molecule is CC1CCCCN1c1ccc(N2CCN(C(=O)CCC3CCCC3)CC2)nn1. The minimum Gasteiger partial charge on any atom is -0.352 e. The molecule has 1 aromatic rings. The van der Waals surface area contributed by atoms with Crippen molar-refractivity contribution >= 4 is 17.5 Å². The summed E-state index contributed by atoms with van der Waals surface area (Å²) in [5, 5.41) is 9.01. The maximum Gasteiger partial charge on any atom is 0.222 e. The zero-order valence-corrected chi connectivity index (χ0v) is 17.4. The van der Waals surface area contributed by atoms with Crippen molar-refractivity contribution in [3.05, 3.63) is 12.1 Å². The minimum atomic E-state index is 0.340. The van der Waals surface area contributed by atoms with Gasteiger partial charge in [-0.1, -0.05) is 25.7 Å². The predicted molar refractivity (Wildman–Crippen MR) is 113 cm³/mol. The summed E-state index contributed by atoms with van der Waals surface area (Å²) in [6, 6.07) is 4.76. The molecule has 1 saturated carbocycles. The van der Waals surface area contributed by atoms with E-state index in [1.807, 2.05) is 4.90 Å². The number of carbonyl (C=O) groups is 1. The highest BCUT2D eigenvalue weighted by Gasteiger charge is 2.24. The monoisotopic (exact) mass is 385 g/mol. The molecule has 3 heterocycles. The quantitative estimate of drug-likeness (QED) is 0.777. The van der Waals surface area contributed by atoms with Gasteiger partial charge in [-0.15, -0.1) is 10.2 Å². The average Bonchev–Trinajstić information content (AvgIpc) is 3.26. The van der Waals surface area contributed by atoms with Crippen LogP contribution in [-0.4, -0.2) is 59.8 Å². The van der Waals surface area contributed by atoms with Crippen LogP contribution in [0.4, 0.5) is 11.6 Å². The topological polar surface area (TPSA) is 52.6 Å². The Morgan fingerprint density at radius 2 is 1.61 bits per heavy atom. The number of piperidine rings is 1. The second kappa shape index (κ2) is 9.10. The first-order chi connectivity index (χ1) is 13.7. The molecule has 1 atom stereocenters. The molecule has 6 heteroatoms. The van der Waals surface area contributed by atoms with Crippen LogP contribution in [0.5, 0.6) is 0 Å². The van der Waals surface area contributed by atoms with Gasteiger partial charge in [0.15, 0.2) is 11.6 Å². The van der Waals surface area contributed by atoms with Gasteiger partial charge in [0.05, 0.1) is 0 Å². The van der Waals surface area contributed by atoms with E-state index >= 15 is 0 Å². The molecular formula is C22H35N5O. The highest BCUT2D eigenvalue weighted by Crippen LogP contribution is 2.29. The lowest BCUT2D eigenvalue weighted by molar-refractivity contribution is -0.131. The molecule has 0 radical (unpaired) electrons. The van der Waals surface area contributed by atoms with Gasteiger partial charge in [0.25, 0.3) is 0 Å². The summed E-state index contributed by atoms with van der Waals surface area (Å²) in [4.78, 5) is 19.2. The fourth-order valence-corrected chi connectivity index (χ4v) is 5.05. The first-order valence-corrected chi connectivity index (χ1v) is 11.3. The van der Waals surface area contributed by atoms with Crippen molar-refractivity contribution in [1.82, 2.24) is 15.1 Å². The summed E-state index contributed by atoms with van der Waals surface area (Å²) >= 11 is 0. The van der Waals surface area contributed by atoms with Gasteiger partial charge >= 0.3 is 0 Å². The third-order valence-electron chi connectivity index (χ3n) is 6.93. The summed E-state index contributed by atoms with van der Waals surface area (Å²) in [6.07, 6.45) is 11.0. The van der Waals surface area contributed by atoms with Gasteiger partial charge in [0, 0.05) is 45.2 Å². The van der Waals surface area contributed by atoms with Crippen molar-refractivity contribution in [2.75, 3.05) is 42.5 Å². The van der Waals surface area contributed by atoms with Crippen molar-refractivity contribution in [1.29, 1.82) is 0 Å². The lowest BCUT2D eigenvalue weighted by Crippen LogP contribution is -2.49. The standard InChI is InChI=1S/C22H35N5O/c1-18-6-4-5-13-27(18)21-11-10-20(23-24-21)25-14-16-26(17-15-25)22(28)12-9-19-7-2-3-8-19/h10-11,18-19H,2-9,12-17H2,1H3. The number of hydrogen-bond acceptors (Lipinski definition) is 5. The molecule has 0 aromatic carbocycles. The zero-order chi connectivity index (χ0) is 19.3. The Hall–Kier alpha value is -1.85. The van der Waals surface area contributed by atoms with Crippen molar-refractivity contribution in [2.24, 2.45) is 5.92 Å². The first-order valence-electron chi connectivity index (χ1n) is 11.3. The third-order valence-corrected chi connectivity index (χ3v) is 6.93. The van der Waals surface area contributed by atoms with Crippen LogP contribution in [0.1, 0.15) is 64.7 Å². The largest absolute Gasteiger partial charge is 0.352 e. The smallest absolute Gasteiger partial charge is 0.222 e. The molecule has 3 aliphatic rings. The number of nitrogens with zero attached hydrogens (tertiary/aromatic N) is 5. The summed E-state index contributed by atoms with van der Waals surface area (Å²) in [6.45, 7) is 6.66. The van der Waals surface area contributed by atoms with Crippen molar-refractivity contribution < 1.29 is 4.79 Å². The molecule has 154 valence electrons. The van der Waals surface area contributed by atoms with E-state index in [2.05, 4.69) is 39.1 Å². The molecule has 0 spiro atoms. The molecule has 0 N–H and O–H groups in total. The Labute approximate surface area is 169 Å². The summed E-state index contributed by atoms with van der Waals surface area (Å²) in [7, 11) is 0. The molecule has 28 heavy (non-hydrogen) atoms. The van der Waals surface area contributed by atoms with Gasteiger partial charge < -0.3 is 14.7 Å². The lowest BCUT2D eigenvalue weighted by Gasteiger charge is -2.36. The van der Waals surface area contributed by atoms with Crippen LogP contribution in [0.3, 0.4) is 0 Å². The van der Waals surface area contributed by atoms with Crippen LogP contribution < -0.4 is 9.80 Å². The number of piperazine rings is 1. The molecule has 2 aliphatic heterocycles. The zero-order valence-electron chi connectivity index (χ0n) is 17.4. The summed E-state index contributed by atoms with van der Waals surface area (Å²) < 4.78 is 0. The van der Waals surface area contributed by atoms with E-state index in [-0.39, 0.29) is 0 Å². The lowest BCUT2D eigenvalue weighted by atomic mass is 10.0. The number of aromatic nitrogens is 2. The van der Waals surface area contributed by atoms with Gasteiger partial charge in [-0.25, -0.2) is 0 Å². The van der Waals surface area contributed by atoms with E-state index in [0.29, 0.717) is 11.9 Å². The maximum absolute atomic E-state index is 12.5. The highest BCUT2D eigenvalue weighted by molar-refractivity contribution is 5.76. The first kappa shape index (κ1) is 19.5. The Bertz CT molecular complexity index is 635. The molecule has 1 aromatic heterocycles. The van der Waals surface area contributed by atoms with E-state index < -0.39 is 0 Å². The number of amides is 1. The fraction of sp³-hybridized carbons (Fsp3) is 0.773. The third kappa shape index (κ3) is 4.58. The van der Waals surface area contributed by atoms with E-state index in [1.54, 1.807) is 0 Å². The average molecular weight is 386 g/mol. The Balaban J connectivity index is 1.25. The molecular weight excluding hydrogens is 350 g/mol. The molecule has 2 saturated heterocycles. The van der Waals surface area contributed by atoms with Gasteiger partial charge in [-0.2, -0.15) is 0 Å². The second-order valence-electron chi connectivity index (χ2n) is 8.84. The van der Waals surface area contributed by atoms with Crippen molar-refractivity contribution in [2.45, 2.75) is 70.8 Å². The Morgan fingerprint density at radius 1 is 0.929 bits per heavy atom. The molecule has 6 nitrogen and oxygen atoms in total. The van der Waals surface area contributed by atoms with E-state index in [4.69, 9.17) is 0 Å². The van der Waals surface area contributed by atoms with E-state index in [1.165, 1.54) is 44.9 Å². The summed E-state index contributed by atoms with van der Waals surface area (Å²) in [5.74, 6) is 3.07. The summed E-state index contributed by atoms with van der Waals surface area (Å²) in [5.41, 5.74) is 0. The molecule has 1 aliphatic carbocycles. The number of hydrogen-bond donors (Lipinski definition) is 0. The van der Waals surface area contributed by atoms with E-state index in [9.17, 15) is 4.79 Å². The fourth-order valence-electron chi connectivity index (χ4n) is 5.05. The van der Waals surface area contributed by atoms with Crippen LogP contribution in [0.25, 0.3) is 0 Å². The van der Waals surface area contributed by atoms with Crippen LogP contribution in [0.15, 0.2) is 12.1 Å². The van der Waals surface area contributed by atoms with Gasteiger partial charge in [0.2, 0.25) is 5.91 Å². The Morgan fingerprint density at radius 3 is 2.29 bits per heavy atom. The van der Waals surface area contributed by atoms with E-state index in [0.717, 1.165) is 63.1 Å². The van der Waals surface area contributed by atoms with Crippen LogP contribution in [0.2, 0.25) is 0 Å². The Kier molecular flexibility index (Phi) is 6.33. The highest BCUT2D eigenvalue weighted by atomic mass is 16.2. The number of rotatable bonds is 5. The molecule has 1 unspecified atom stereocenters.